The standard InChI is InChI=1S/C9H15N/c1-4-5-6-7-10-8-9(2)3/h4-6,10H,1-2,7-8H2,3H3/b6-5+. The third-order valence-electron chi connectivity index (χ3n) is 0.961. The lowest BCUT2D eigenvalue weighted by Crippen LogP contribution is -2.15. The first-order chi connectivity index (χ1) is 4.77. The average molecular weight is 137 g/mol. The van der Waals surface area contributed by atoms with E-state index in [0.29, 0.717) is 0 Å². The quantitative estimate of drug-likeness (QED) is 0.346. The largest absolute Gasteiger partial charge is 0.310 e. The molecule has 56 valence electrons. The molecule has 0 saturated heterocycles. The van der Waals surface area contributed by atoms with Crippen molar-refractivity contribution in [1.82, 2.24) is 5.32 Å². The van der Waals surface area contributed by atoms with Crippen molar-refractivity contribution < 1.29 is 0 Å². The lowest BCUT2D eigenvalue weighted by molar-refractivity contribution is 0.816. The molecule has 0 aromatic carbocycles. The van der Waals surface area contributed by atoms with E-state index in [1.807, 2.05) is 19.1 Å². The fourth-order valence-electron chi connectivity index (χ4n) is 0.533. The van der Waals surface area contributed by atoms with Crippen LogP contribution in [0.2, 0.25) is 0 Å². The van der Waals surface area contributed by atoms with Gasteiger partial charge in [-0.15, -0.1) is 0 Å². The molecule has 1 nitrogen and oxygen atoms in total. The van der Waals surface area contributed by atoms with Gasteiger partial charge in [-0.2, -0.15) is 0 Å². The molecule has 0 radical (unpaired) electrons. The summed E-state index contributed by atoms with van der Waals surface area (Å²) in [6, 6.07) is 0. The maximum absolute atomic E-state index is 3.77. The van der Waals surface area contributed by atoms with Gasteiger partial charge in [0, 0.05) is 13.1 Å². The molecule has 10 heavy (non-hydrogen) atoms. The van der Waals surface area contributed by atoms with Gasteiger partial charge in [-0.05, 0) is 6.92 Å². The van der Waals surface area contributed by atoms with E-state index in [9.17, 15) is 0 Å². The number of allylic oxidation sites excluding steroid dienone is 2. The molecule has 0 saturated carbocycles. The third-order valence-corrected chi connectivity index (χ3v) is 0.961. The maximum atomic E-state index is 3.77. The summed E-state index contributed by atoms with van der Waals surface area (Å²) in [5, 5.41) is 3.19. The van der Waals surface area contributed by atoms with E-state index in [-0.39, 0.29) is 0 Å². The summed E-state index contributed by atoms with van der Waals surface area (Å²) in [7, 11) is 0. The van der Waals surface area contributed by atoms with Crippen LogP contribution in [0.3, 0.4) is 0 Å². The molecule has 0 unspecified atom stereocenters. The van der Waals surface area contributed by atoms with E-state index >= 15 is 0 Å². The number of rotatable bonds is 5. The van der Waals surface area contributed by atoms with Crippen LogP contribution in [0, 0.1) is 0 Å². The molecule has 0 aliphatic heterocycles. The van der Waals surface area contributed by atoms with Crippen LogP contribution in [0.4, 0.5) is 0 Å². The first-order valence-corrected chi connectivity index (χ1v) is 3.40. The van der Waals surface area contributed by atoms with Gasteiger partial charge >= 0.3 is 0 Å². The zero-order valence-corrected chi connectivity index (χ0v) is 6.56. The van der Waals surface area contributed by atoms with Gasteiger partial charge in [0.1, 0.15) is 0 Å². The highest BCUT2D eigenvalue weighted by Gasteiger charge is 1.80. The summed E-state index contributed by atoms with van der Waals surface area (Å²) in [5.41, 5.74) is 1.16. The lowest BCUT2D eigenvalue weighted by Gasteiger charge is -1.97. The summed E-state index contributed by atoms with van der Waals surface area (Å²) in [5.74, 6) is 0. The Labute approximate surface area is 63.1 Å². The van der Waals surface area contributed by atoms with E-state index in [1.165, 1.54) is 0 Å². The van der Waals surface area contributed by atoms with Crippen molar-refractivity contribution in [3.8, 4) is 0 Å². The lowest BCUT2D eigenvalue weighted by atomic mass is 10.3. The smallest absolute Gasteiger partial charge is 0.0162 e. The van der Waals surface area contributed by atoms with E-state index in [0.717, 1.165) is 18.7 Å². The van der Waals surface area contributed by atoms with Crippen LogP contribution >= 0.6 is 0 Å². The molecule has 0 aliphatic rings. The topological polar surface area (TPSA) is 12.0 Å². The van der Waals surface area contributed by atoms with Crippen molar-refractivity contribution in [3.63, 3.8) is 0 Å². The van der Waals surface area contributed by atoms with Gasteiger partial charge in [-0.3, -0.25) is 0 Å². The highest BCUT2D eigenvalue weighted by atomic mass is 14.8. The molecule has 0 rings (SSSR count). The summed E-state index contributed by atoms with van der Waals surface area (Å²) < 4.78 is 0. The maximum Gasteiger partial charge on any atom is 0.0162 e. The van der Waals surface area contributed by atoms with Gasteiger partial charge in [0.05, 0.1) is 0 Å². The normalized spacial score (nSPS) is 10.1. The average Bonchev–Trinajstić information content (AvgIpc) is 1.87. The van der Waals surface area contributed by atoms with Crippen LogP contribution in [-0.2, 0) is 0 Å². The molecular weight excluding hydrogens is 122 g/mol. The Hall–Kier alpha value is -0.820. The van der Waals surface area contributed by atoms with Gasteiger partial charge in [-0.1, -0.05) is 37.0 Å². The molecule has 1 heteroatoms. The van der Waals surface area contributed by atoms with Gasteiger partial charge < -0.3 is 5.32 Å². The number of hydrogen-bond donors (Lipinski definition) is 1. The molecule has 0 bridgehead atoms. The summed E-state index contributed by atoms with van der Waals surface area (Å²) >= 11 is 0. The minimum atomic E-state index is 0.888. The molecule has 0 aliphatic carbocycles. The van der Waals surface area contributed by atoms with Crippen molar-refractivity contribution in [1.29, 1.82) is 0 Å². The molecule has 0 amide bonds. The van der Waals surface area contributed by atoms with E-state index < -0.39 is 0 Å². The molecule has 0 atom stereocenters. The molecule has 0 fully saturated rings. The second-order valence-electron chi connectivity index (χ2n) is 2.25. The Bertz CT molecular complexity index is 134. The van der Waals surface area contributed by atoms with Crippen molar-refractivity contribution in [2.24, 2.45) is 0 Å². The number of hydrogen-bond acceptors (Lipinski definition) is 1. The third kappa shape index (κ3) is 7.18. The van der Waals surface area contributed by atoms with Crippen molar-refractivity contribution in [2.45, 2.75) is 6.92 Å². The fraction of sp³-hybridized carbons (Fsp3) is 0.333. The highest BCUT2D eigenvalue weighted by Crippen LogP contribution is 1.80. The molecule has 1 N–H and O–H groups in total. The Morgan fingerprint density at radius 1 is 1.60 bits per heavy atom. The van der Waals surface area contributed by atoms with Crippen molar-refractivity contribution in [3.05, 3.63) is 37.0 Å². The Balaban J connectivity index is 3.12. The predicted molar refractivity (Wildman–Crippen MR) is 47.0 cm³/mol. The Morgan fingerprint density at radius 3 is 2.80 bits per heavy atom. The van der Waals surface area contributed by atoms with Crippen LogP contribution in [0.15, 0.2) is 37.0 Å². The van der Waals surface area contributed by atoms with Crippen molar-refractivity contribution in [2.75, 3.05) is 13.1 Å². The predicted octanol–water partition coefficient (Wildman–Crippen LogP) is 1.89. The monoisotopic (exact) mass is 137 g/mol. The minimum absolute atomic E-state index is 0.888. The summed E-state index contributed by atoms with van der Waals surface area (Å²) in [6.07, 6.45) is 5.71. The summed E-state index contributed by atoms with van der Waals surface area (Å²) in [6.45, 7) is 11.1. The van der Waals surface area contributed by atoms with Crippen molar-refractivity contribution >= 4 is 0 Å². The van der Waals surface area contributed by atoms with Gasteiger partial charge in [0.25, 0.3) is 0 Å². The fourth-order valence-corrected chi connectivity index (χ4v) is 0.533. The molecule has 0 aromatic heterocycles. The van der Waals surface area contributed by atoms with Crippen LogP contribution in [0.5, 0.6) is 0 Å². The molecule has 0 spiro atoms. The van der Waals surface area contributed by atoms with Crippen LogP contribution in [0.25, 0.3) is 0 Å². The molecular formula is C9H15N. The van der Waals surface area contributed by atoms with Crippen LogP contribution < -0.4 is 5.32 Å². The molecule has 0 heterocycles. The van der Waals surface area contributed by atoms with E-state index in [1.54, 1.807) is 6.08 Å². The Kier molecular flexibility index (Phi) is 5.79. The molecule has 0 aromatic rings. The SMILES string of the molecule is C=C/C=C/CNCC(=C)C. The summed E-state index contributed by atoms with van der Waals surface area (Å²) in [4.78, 5) is 0. The van der Waals surface area contributed by atoms with E-state index in [4.69, 9.17) is 0 Å². The van der Waals surface area contributed by atoms with Gasteiger partial charge in [0.15, 0.2) is 0 Å². The van der Waals surface area contributed by atoms with E-state index in [2.05, 4.69) is 18.5 Å². The van der Waals surface area contributed by atoms with Crippen LogP contribution in [-0.4, -0.2) is 13.1 Å². The first-order valence-electron chi connectivity index (χ1n) is 3.40. The van der Waals surface area contributed by atoms with Crippen LogP contribution in [0.1, 0.15) is 6.92 Å². The number of nitrogens with one attached hydrogen (secondary N) is 1. The Morgan fingerprint density at radius 2 is 2.30 bits per heavy atom. The second kappa shape index (κ2) is 6.30. The van der Waals surface area contributed by atoms with Gasteiger partial charge in [-0.25, -0.2) is 0 Å². The zero-order chi connectivity index (χ0) is 7.82. The highest BCUT2D eigenvalue weighted by molar-refractivity contribution is 4.99. The van der Waals surface area contributed by atoms with Gasteiger partial charge in [0.2, 0.25) is 0 Å². The second-order valence-corrected chi connectivity index (χ2v) is 2.25. The first kappa shape index (κ1) is 9.18. The minimum Gasteiger partial charge on any atom is -0.310 e. The zero-order valence-electron chi connectivity index (χ0n) is 6.56.